The fourth-order valence-corrected chi connectivity index (χ4v) is 2.44. The first-order valence-corrected chi connectivity index (χ1v) is 7.24. The van der Waals surface area contributed by atoms with Crippen molar-refractivity contribution in [2.45, 2.75) is 25.8 Å². The number of benzene rings is 1. The van der Waals surface area contributed by atoms with E-state index in [0.717, 1.165) is 12.8 Å². The predicted octanol–water partition coefficient (Wildman–Crippen LogP) is 2.76. The van der Waals surface area contributed by atoms with Crippen LogP contribution in [0.4, 0.5) is 4.39 Å². The average molecular weight is 344 g/mol. The first kappa shape index (κ1) is 15.0. The van der Waals surface area contributed by atoms with E-state index in [0.29, 0.717) is 10.0 Å². The van der Waals surface area contributed by atoms with Gasteiger partial charge in [-0.3, -0.25) is 9.59 Å². The van der Waals surface area contributed by atoms with E-state index in [9.17, 15) is 14.0 Å². The lowest BCUT2D eigenvalue weighted by molar-refractivity contribution is -0.144. The number of ether oxygens (including phenoxy) is 1. The van der Waals surface area contributed by atoms with E-state index >= 15 is 0 Å². The molecular weight excluding hydrogens is 329 g/mol. The van der Waals surface area contributed by atoms with Crippen LogP contribution in [0.2, 0.25) is 0 Å². The van der Waals surface area contributed by atoms with Crippen molar-refractivity contribution in [2.75, 3.05) is 13.2 Å². The highest BCUT2D eigenvalue weighted by Crippen LogP contribution is 2.30. The van der Waals surface area contributed by atoms with Crippen LogP contribution in [0.1, 0.15) is 30.1 Å². The summed E-state index contributed by atoms with van der Waals surface area (Å²) in [6.45, 7) is 1.94. The van der Waals surface area contributed by atoms with Crippen molar-refractivity contribution >= 4 is 27.8 Å². The van der Waals surface area contributed by atoms with Gasteiger partial charge in [0.25, 0.3) is 5.91 Å². The highest BCUT2D eigenvalue weighted by molar-refractivity contribution is 9.10. The molecule has 0 bridgehead atoms. The number of rotatable bonds is 5. The lowest BCUT2D eigenvalue weighted by atomic mass is 10.2. The number of halogens is 2. The minimum atomic E-state index is -0.425. The van der Waals surface area contributed by atoms with Crippen molar-refractivity contribution < 1.29 is 18.7 Å². The molecule has 6 heteroatoms. The lowest BCUT2D eigenvalue weighted by Crippen LogP contribution is -2.38. The van der Waals surface area contributed by atoms with Crippen molar-refractivity contribution in [1.82, 2.24) is 4.90 Å². The van der Waals surface area contributed by atoms with Gasteiger partial charge in [0, 0.05) is 10.5 Å². The molecule has 108 valence electrons. The Morgan fingerprint density at radius 1 is 1.45 bits per heavy atom. The van der Waals surface area contributed by atoms with Crippen molar-refractivity contribution in [3.63, 3.8) is 0 Å². The quantitative estimate of drug-likeness (QED) is 0.772. The Balaban J connectivity index is 2.16. The van der Waals surface area contributed by atoms with Gasteiger partial charge in [0.05, 0.1) is 12.2 Å². The van der Waals surface area contributed by atoms with E-state index in [4.69, 9.17) is 4.74 Å². The number of amides is 1. The Morgan fingerprint density at radius 2 is 2.15 bits per heavy atom. The molecule has 0 aromatic heterocycles. The van der Waals surface area contributed by atoms with E-state index in [1.807, 2.05) is 0 Å². The SMILES string of the molecule is CCOC(=O)CN(C(=O)c1ccc(F)cc1Br)C1CC1. The Bertz CT molecular complexity index is 531. The molecule has 1 amide bonds. The van der Waals surface area contributed by atoms with Crippen molar-refractivity contribution in [3.05, 3.63) is 34.1 Å². The summed E-state index contributed by atoms with van der Waals surface area (Å²) < 4.78 is 18.3. The maximum atomic E-state index is 13.1. The molecule has 0 radical (unpaired) electrons. The fourth-order valence-electron chi connectivity index (χ4n) is 1.92. The predicted molar refractivity (Wildman–Crippen MR) is 74.8 cm³/mol. The molecule has 1 aromatic rings. The standard InChI is InChI=1S/C14H15BrFNO3/c1-2-20-13(18)8-17(10-4-5-10)14(19)11-6-3-9(16)7-12(11)15/h3,6-7,10H,2,4-5,8H2,1H3. The maximum absolute atomic E-state index is 13.1. The van der Waals surface area contributed by atoms with Crippen molar-refractivity contribution in [2.24, 2.45) is 0 Å². The van der Waals surface area contributed by atoms with Crippen molar-refractivity contribution in [3.8, 4) is 0 Å². The number of carbonyl (C=O) groups is 2. The maximum Gasteiger partial charge on any atom is 0.325 e. The summed E-state index contributed by atoms with van der Waals surface area (Å²) in [5.74, 6) is -1.13. The number of nitrogens with zero attached hydrogens (tertiary/aromatic N) is 1. The zero-order valence-corrected chi connectivity index (χ0v) is 12.7. The molecule has 0 N–H and O–H groups in total. The fraction of sp³-hybridized carbons (Fsp3) is 0.429. The Kier molecular flexibility index (Phi) is 4.75. The molecule has 4 nitrogen and oxygen atoms in total. The topological polar surface area (TPSA) is 46.6 Å². The van der Waals surface area contributed by atoms with E-state index < -0.39 is 11.8 Å². The molecule has 0 unspecified atom stereocenters. The minimum absolute atomic E-state index is 0.0683. The molecule has 1 aliphatic carbocycles. The van der Waals surface area contributed by atoms with Crippen LogP contribution < -0.4 is 0 Å². The van der Waals surface area contributed by atoms with Gasteiger partial charge >= 0.3 is 5.97 Å². The zero-order valence-electron chi connectivity index (χ0n) is 11.1. The van der Waals surface area contributed by atoms with Gasteiger partial charge in [-0.2, -0.15) is 0 Å². The first-order chi connectivity index (χ1) is 9.52. The van der Waals surface area contributed by atoms with Crippen molar-refractivity contribution in [1.29, 1.82) is 0 Å². The molecule has 0 atom stereocenters. The number of hydrogen-bond acceptors (Lipinski definition) is 3. The van der Waals surface area contributed by atoms with E-state index in [2.05, 4.69) is 15.9 Å². The van der Waals surface area contributed by atoms with Gasteiger partial charge in [-0.15, -0.1) is 0 Å². The molecule has 0 saturated heterocycles. The number of carbonyl (C=O) groups excluding carboxylic acids is 2. The molecule has 1 fully saturated rings. The van der Waals surface area contributed by atoms with Crippen LogP contribution in [0.5, 0.6) is 0 Å². The second kappa shape index (κ2) is 6.35. The van der Waals surface area contributed by atoms with Gasteiger partial charge in [-0.05, 0) is 53.9 Å². The Hall–Kier alpha value is -1.43. The molecule has 1 aromatic carbocycles. The molecule has 20 heavy (non-hydrogen) atoms. The highest BCUT2D eigenvalue weighted by atomic mass is 79.9. The molecule has 2 rings (SSSR count). The average Bonchev–Trinajstić information content (AvgIpc) is 3.20. The molecule has 0 heterocycles. The second-order valence-electron chi connectivity index (χ2n) is 4.59. The van der Waals surface area contributed by atoms with Crippen LogP contribution >= 0.6 is 15.9 Å². The third kappa shape index (κ3) is 3.56. The number of hydrogen-bond donors (Lipinski definition) is 0. The van der Waals surface area contributed by atoms with Gasteiger partial charge < -0.3 is 9.64 Å². The molecular formula is C14H15BrFNO3. The first-order valence-electron chi connectivity index (χ1n) is 6.44. The Morgan fingerprint density at radius 3 is 2.70 bits per heavy atom. The van der Waals surface area contributed by atoms with Crippen LogP contribution in [-0.2, 0) is 9.53 Å². The van der Waals surface area contributed by atoms with Crippen LogP contribution in [0, 0.1) is 5.82 Å². The molecule has 1 saturated carbocycles. The van der Waals surface area contributed by atoms with Gasteiger partial charge in [-0.25, -0.2) is 4.39 Å². The monoisotopic (exact) mass is 343 g/mol. The summed E-state index contributed by atoms with van der Waals surface area (Å²) >= 11 is 3.18. The van der Waals surface area contributed by atoms with E-state index in [1.54, 1.807) is 6.92 Å². The van der Waals surface area contributed by atoms with Gasteiger partial charge in [0.2, 0.25) is 0 Å². The highest BCUT2D eigenvalue weighted by Gasteiger charge is 2.35. The second-order valence-corrected chi connectivity index (χ2v) is 5.45. The summed E-state index contributed by atoms with van der Waals surface area (Å²) in [5, 5.41) is 0. The summed E-state index contributed by atoms with van der Waals surface area (Å²) in [6.07, 6.45) is 1.76. The van der Waals surface area contributed by atoms with Gasteiger partial charge in [0.1, 0.15) is 12.4 Å². The van der Waals surface area contributed by atoms with Crippen LogP contribution in [-0.4, -0.2) is 36.0 Å². The van der Waals surface area contributed by atoms with Gasteiger partial charge in [0.15, 0.2) is 0 Å². The summed E-state index contributed by atoms with van der Waals surface area (Å²) in [7, 11) is 0. The van der Waals surface area contributed by atoms with E-state index in [-0.39, 0.29) is 25.1 Å². The van der Waals surface area contributed by atoms with Crippen LogP contribution in [0.25, 0.3) is 0 Å². The largest absolute Gasteiger partial charge is 0.465 e. The van der Waals surface area contributed by atoms with Gasteiger partial charge in [-0.1, -0.05) is 0 Å². The lowest BCUT2D eigenvalue weighted by Gasteiger charge is -2.22. The van der Waals surface area contributed by atoms with Crippen LogP contribution in [0.3, 0.4) is 0 Å². The Labute approximate surface area is 125 Å². The molecule has 1 aliphatic rings. The smallest absolute Gasteiger partial charge is 0.325 e. The molecule has 0 spiro atoms. The zero-order chi connectivity index (χ0) is 14.7. The molecule has 0 aliphatic heterocycles. The summed E-state index contributed by atoms with van der Waals surface area (Å²) in [5.41, 5.74) is 0.350. The third-order valence-corrected chi connectivity index (χ3v) is 3.67. The minimum Gasteiger partial charge on any atom is -0.465 e. The summed E-state index contributed by atoms with van der Waals surface area (Å²) in [6, 6.07) is 3.96. The number of esters is 1. The normalized spacial score (nSPS) is 13.9. The van der Waals surface area contributed by atoms with Crippen LogP contribution in [0.15, 0.2) is 22.7 Å². The summed E-state index contributed by atoms with van der Waals surface area (Å²) in [4.78, 5) is 25.5. The van der Waals surface area contributed by atoms with E-state index in [1.165, 1.54) is 23.1 Å². The third-order valence-electron chi connectivity index (χ3n) is 3.01.